The monoisotopic (exact) mass is 462 g/mol. The van der Waals surface area contributed by atoms with Crippen LogP contribution in [0.25, 0.3) is 22.3 Å². The van der Waals surface area contributed by atoms with Crippen LogP contribution in [0.1, 0.15) is 26.4 Å². The van der Waals surface area contributed by atoms with Gasteiger partial charge >= 0.3 is 5.69 Å². The average molecular weight is 463 g/mol. The fraction of sp³-hybridized carbons (Fsp3) is 0.120. The van der Waals surface area contributed by atoms with Gasteiger partial charge in [-0.25, -0.2) is 4.79 Å². The summed E-state index contributed by atoms with van der Waals surface area (Å²) in [5, 5.41) is 19.4. The van der Waals surface area contributed by atoms with E-state index in [-0.39, 0.29) is 29.6 Å². The number of nitrogens with one attached hydrogen (secondary N) is 1. The minimum atomic E-state index is -0.363. The van der Waals surface area contributed by atoms with Gasteiger partial charge in [0.15, 0.2) is 17.3 Å². The van der Waals surface area contributed by atoms with Gasteiger partial charge in [0.1, 0.15) is 0 Å². The van der Waals surface area contributed by atoms with Crippen LogP contribution in [-0.2, 0) is 6.61 Å². The number of phenols is 1. The number of ketones is 1. The lowest BCUT2D eigenvalue weighted by Crippen LogP contribution is -2.14. The van der Waals surface area contributed by atoms with Gasteiger partial charge < -0.3 is 19.9 Å². The number of imidazole rings is 1. The molecule has 4 aromatic rings. The Morgan fingerprint density at radius 1 is 1.21 bits per heavy atom. The van der Waals surface area contributed by atoms with Crippen molar-refractivity contribution in [3.05, 3.63) is 92.9 Å². The molecular formula is C25H22N2O5S. The number of carbonyl (C=O) groups is 1. The topological polar surface area (TPSA) is 105 Å². The molecule has 2 heterocycles. The summed E-state index contributed by atoms with van der Waals surface area (Å²) in [6, 6.07) is 13.9. The van der Waals surface area contributed by atoms with Crippen molar-refractivity contribution in [3.8, 4) is 27.8 Å². The molecule has 3 N–H and O–H groups in total. The zero-order valence-corrected chi connectivity index (χ0v) is 18.8. The number of rotatable bonds is 7. The van der Waals surface area contributed by atoms with Crippen molar-refractivity contribution in [1.29, 1.82) is 0 Å². The number of aromatic hydroxyl groups is 1. The second kappa shape index (κ2) is 9.32. The van der Waals surface area contributed by atoms with Gasteiger partial charge in [-0.05, 0) is 55.0 Å². The van der Waals surface area contributed by atoms with Gasteiger partial charge in [-0.3, -0.25) is 9.36 Å². The van der Waals surface area contributed by atoms with E-state index in [1.165, 1.54) is 17.8 Å². The van der Waals surface area contributed by atoms with Gasteiger partial charge in [0.2, 0.25) is 0 Å². The molecule has 0 aliphatic heterocycles. The van der Waals surface area contributed by atoms with Gasteiger partial charge in [0, 0.05) is 22.2 Å². The van der Waals surface area contributed by atoms with E-state index in [1.54, 1.807) is 60.0 Å². The smallest absolute Gasteiger partial charge is 0.330 e. The summed E-state index contributed by atoms with van der Waals surface area (Å²) in [6.45, 7) is 1.64. The maximum Gasteiger partial charge on any atom is 0.330 e. The van der Waals surface area contributed by atoms with Crippen LogP contribution in [0.15, 0.2) is 65.6 Å². The van der Waals surface area contributed by atoms with Crippen LogP contribution in [-0.4, -0.2) is 32.7 Å². The van der Waals surface area contributed by atoms with E-state index in [2.05, 4.69) is 4.98 Å². The van der Waals surface area contributed by atoms with E-state index in [0.717, 1.165) is 15.4 Å². The molecule has 0 radical (unpaired) electrons. The first-order valence-electron chi connectivity index (χ1n) is 10.1. The normalized spacial score (nSPS) is 11.2. The summed E-state index contributed by atoms with van der Waals surface area (Å²) < 4.78 is 6.59. The lowest BCUT2D eigenvalue weighted by atomic mass is 10.1. The van der Waals surface area contributed by atoms with E-state index in [9.17, 15) is 19.8 Å². The number of ether oxygens (including phenoxy) is 1. The second-order valence-corrected chi connectivity index (χ2v) is 8.68. The molecule has 0 spiro atoms. The lowest BCUT2D eigenvalue weighted by molar-refractivity contribution is 0.104. The second-order valence-electron chi connectivity index (χ2n) is 7.39. The number of aromatic nitrogens is 2. The molecule has 0 bridgehead atoms. The van der Waals surface area contributed by atoms with Crippen LogP contribution in [0.4, 0.5) is 0 Å². The number of hydrogen-bond acceptors (Lipinski definition) is 6. The molecule has 0 atom stereocenters. The molecule has 168 valence electrons. The van der Waals surface area contributed by atoms with Crippen molar-refractivity contribution in [2.75, 3.05) is 7.11 Å². The standard InChI is InChI=1S/C25H22N2O5S/c1-15-6-9-23(33-15)20-13-27(25(31)26-20)19-5-3-4-17(12-19)21(29)8-7-16-10-18(14-28)24(30)22(11-16)32-2/h3-13,28,30H,14H2,1-2H3,(H,26,31). The molecule has 7 nitrogen and oxygen atoms in total. The van der Waals surface area contributed by atoms with Gasteiger partial charge in [-0.15, -0.1) is 11.3 Å². The number of methoxy groups -OCH3 is 1. The number of aryl methyl sites for hydroxylation is 1. The van der Waals surface area contributed by atoms with Crippen molar-refractivity contribution >= 4 is 23.2 Å². The highest BCUT2D eigenvalue weighted by Crippen LogP contribution is 2.32. The predicted molar refractivity (Wildman–Crippen MR) is 128 cm³/mol. The summed E-state index contributed by atoms with van der Waals surface area (Å²) >= 11 is 1.59. The Morgan fingerprint density at radius 3 is 2.73 bits per heavy atom. The SMILES string of the molecule is COc1cc(C=CC(=O)c2cccc(-n3cc(-c4ccc(C)s4)[nH]c3=O)c2)cc(CO)c1O. The third-order valence-electron chi connectivity index (χ3n) is 5.13. The van der Waals surface area contributed by atoms with Crippen LogP contribution in [0.2, 0.25) is 0 Å². The molecule has 0 aliphatic rings. The zero-order chi connectivity index (χ0) is 23.5. The molecule has 0 amide bonds. The minimum absolute atomic E-state index is 0.134. The molecule has 0 unspecified atom stereocenters. The van der Waals surface area contributed by atoms with E-state index in [0.29, 0.717) is 22.4 Å². The highest BCUT2D eigenvalue weighted by molar-refractivity contribution is 7.15. The number of aliphatic hydroxyl groups excluding tert-OH is 1. The van der Waals surface area contributed by atoms with Gasteiger partial charge in [-0.2, -0.15) is 0 Å². The number of aliphatic hydroxyl groups is 1. The number of carbonyl (C=O) groups excluding carboxylic acids is 1. The Labute approximate surface area is 193 Å². The fourth-order valence-electron chi connectivity index (χ4n) is 3.43. The van der Waals surface area contributed by atoms with Crippen molar-refractivity contribution < 1.29 is 19.7 Å². The molecule has 8 heteroatoms. The fourth-order valence-corrected chi connectivity index (χ4v) is 4.26. The van der Waals surface area contributed by atoms with Crippen molar-refractivity contribution in [2.45, 2.75) is 13.5 Å². The number of H-pyrrole nitrogens is 1. The van der Waals surface area contributed by atoms with Crippen molar-refractivity contribution in [2.24, 2.45) is 0 Å². The van der Waals surface area contributed by atoms with Crippen molar-refractivity contribution in [1.82, 2.24) is 9.55 Å². The summed E-state index contributed by atoms with van der Waals surface area (Å²) in [7, 11) is 1.41. The number of thiophene rings is 1. The Balaban J connectivity index is 1.61. The van der Waals surface area contributed by atoms with E-state index < -0.39 is 0 Å². The number of aromatic amines is 1. The molecule has 2 aromatic heterocycles. The van der Waals surface area contributed by atoms with Gasteiger partial charge in [0.05, 0.1) is 30.0 Å². The van der Waals surface area contributed by atoms with Crippen LogP contribution in [0, 0.1) is 6.92 Å². The van der Waals surface area contributed by atoms with Gasteiger partial charge in [0.25, 0.3) is 0 Å². The molecule has 0 saturated heterocycles. The Morgan fingerprint density at radius 2 is 2.03 bits per heavy atom. The van der Waals surface area contributed by atoms with Crippen molar-refractivity contribution in [3.63, 3.8) is 0 Å². The third-order valence-corrected chi connectivity index (χ3v) is 6.16. The highest BCUT2D eigenvalue weighted by atomic mass is 32.1. The van der Waals surface area contributed by atoms with E-state index in [1.807, 2.05) is 19.1 Å². The first-order valence-corrected chi connectivity index (χ1v) is 10.9. The van der Waals surface area contributed by atoms with Gasteiger partial charge in [-0.1, -0.05) is 18.2 Å². The third kappa shape index (κ3) is 4.67. The van der Waals surface area contributed by atoms with Crippen LogP contribution in [0.3, 0.4) is 0 Å². The maximum atomic E-state index is 12.8. The Kier molecular flexibility index (Phi) is 6.30. The lowest BCUT2D eigenvalue weighted by Gasteiger charge is -2.08. The first kappa shape index (κ1) is 22.3. The minimum Gasteiger partial charge on any atom is -0.504 e. The molecule has 2 aromatic carbocycles. The Bertz CT molecular complexity index is 1390. The average Bonchev–Trinajstić information content (AvgIpc) is 3.43. The maximum absolute atomic E-state index is 12.8. The summed E-state index contributed by atoms with van der Waals surface area (Å²) in [6.07, 6.45) is 4.70. The highest BCUT2D eigenvalue weighted by Gasteiger charge is 2.12. The largest absolute Gasteiger partial charge is 0.504 e. The summed E-state index contributed by atoms with van der Waals surface area (Å²) in [5.74, 6) is -0.184. The van der Waals surface area contributed by atoms with Crippen LogP contribution >= 0.6 is 11.3 Å². The van der Waals surface area contributed by atoms with Crippen LogP contribution < -0.4 is 10.4 Å². The number of nitrogens with zero attached hydrogens (tertiary/aromatic N) is 1. The molecule has 0 saturated carbocycles. The molecular weight excluding hydrogens is 440 g/mol. The zero-order valence-electron chi connectivity index (χ0n) is 18.0. The number of hydrogen-bond donors (Lipinski definition) is 3. The number of benzene rings is 2. The first-order chi connectivity index (χ1) is 15.9. The molecule has 33 heavy (non-hydrogen) atoms. The molecule has 0 aliphatic carbocycles. The molecule has 4 rings (SSSR count). The quantitative estimate of drug-likeness (QED) is 0.281. The summed E-state index contributed by atoms with van der Waals surface area (Å²) in [4.78, 5) is 30.3. The predicted octanol–water partition coefficient (Wildman–Crippen LogP) is 4.31. The van der Waals surface area contributed by atoms with E-state index >= 15 is 0 Å². The number of allylic oxidation sites excluding steroid dienone is 1. The van der Waals surface area contributed by atoms with Crippen LogP contribution in [0.5, 0.6) is 11.5 Å². The molecule has 0 fully saturated rings. The summed E-state index contributed by atoms with van der Waals surface area (Å²) in [5.41, 5.74) is 2.31. The van der Waals surface area contributed by atoms with E-state index in [4.69, 9.17) is 4.74 Å². The Hall–Kier alpha value is -3.88.